The number of aryl methyl sites for hydroxylation is 2. The molecule has 3 nitrogen and oxygen atoms in total. The maximum Gasteiger partial charge on any atom is 0.320 e. The van der Waals surface area contributed by atoms with Gasteiger partial charge in [0.15, 0.2) is 0 Å². The predicted octanol–water partition coefficient (Wildman–Crippen LogP) is 5.17. The Hall–Kier alpha value is -2.29. The van der Waals surface area contributed by atoms with Crippen molar-refractivity contribution in [2.24, 2.45) is 5.73 Å². The summed E-state index contributed by atoms with van der Waals surface area (Å²) < 4.78 is 0. The smallest absolute Gasteiger partial charge is 0.320 e. The lowest BCUT2D eigenvalue weighted by Gasteiger charge is -2.42. The second kappa shape index (κ2) is 7.30. The minimum atomic E-state index is -0.346. The third-order valence-corrected chi connectivity index (χ3v) is 5.58. The predicted molar refractivity (Wildman–Crippen MR) is 104 cm³/mol. The number of carbonyl (C=O) groups excluding carboxylic acids is 1. The molecule has 0 aromatic heterocycles. The summed E-state index contributed by atoms with van der Waals surface area (Å²) in [6.45, 7) is 4.28. The molecule has 0 heterocycles. The molecule has 0 atom stereocenters. The number of benzene rings is 2. The average molecular weight is 336 g/mol. The van der Waals surface area contributed by atoms with Crippen LogP contribution in [0.5, 0.6) is 0 Å². The Morgan fingerprint density at radius 3 is 2.00 bits per heavy atom. The summed E-state index contributed by atoms with van der Waals surface area (Å²) in [5.41, 5.74) is 10.3. The number of anilines is 1. The minimum absolute atomic E-state index is 0.331. The van der Waals surface area contributed by atoms with Gasteiger partial charge in [-0.3, -0.25) is 4.90 Å². The second-order valence-electron chi connectivity index (χ2n) is 6.91. The highest BCUT2D eigenvalue weighted by atomic mass is 16.2. The van der Waals surface area contributed by atoms with Gasteiger partial charge in [-0.2, -0.15) is 0 Å². The quantitative estimate of drug-likeness (QED) is 0.805. The molecule has 0 saturated heterocycles. The standard InChI is InChI=1S/C22H28N2O/c1-3-17-11-10-12-18(4-2)20(17)24(21(23)25)22(15-8-9-16-22)19-13-6-5-7-14-19/h5-7,10-14H,3-4,8-9,15-16H2,1-2H3,(H2,23,25). The largest absolute Gasteiger partial charge is 0.351 e. The van der Waals surface area contributed by atoms with Gasteiger partial charge in [-0.15, -0.1) is 0 Å². The minimum Gasteiger partial charge on any atom is -0.351 e. The SMILES string of the molecule is CCc1cccc(CC)c1N(C(N)=O)C1(c2ccccc2)CCCC1. The van der Waals surface area contributed by atoms with Gasteiger partial charge in [0.05, 0.1) is 11.2 Å². The van der Waals surface area contributed by atoms with Crippen molar-refractivity contribution >= 4 is 11.7 Å². The van der Waals surface area contributed by atoms with Crippen molar-refractivity contribution in [2.45, 2.75) is 57.9 Å². The van der Waals surface area contributed by atoms with Crippen LogP contribution in [0.4, 0.5) is 10.5 Å². The van der Waals surface area contributed by atoms with Crippen molar-refractivity contribution in [2.75, 3.05) is 4.90 Å². The zero-order valence-electron chi connectivity index (χ0n) is 15.3. The number of carbonyl (C=O) groups is 1. The average Bonchev–Trinajstić information content (AvgIpc) is 3.13. The van der Waals surface area contributed by atoms with E-state index in [0.29, 0.717) is 0 Å². The van der Waals surface area contributed by atoms with Crippen LogP contribution in [0.1, 0.15) is 56.2 Å². The molecule has 1 aliphatic carbocycles. The molecule has 1 saturated carbocycles. The first kappa shape index (κ1) is 17.5. The highest BCUT2D eigenvalue weighted by Gasteiger charge is 2.44. The van der Waals surface area contributed by atoms with E-state index in [1.165, 1.54) is 16.7 Å². The maximum atomic E-state index is 12.7. The Balaban J connectivity index is 2.24. The zero-order chi connectivity index (χ0) is 17.9. The lowest BCUT2D eigenvalue weighted by Crippen LogP contribution is -2.51. The summed E-state index contributed by atoms with van der Waals surface area (Å²) in [5.74, 6) is 0. The van der Waals surface area contributed by atoms with Crippen molar-refractivity contribution in [1.29, 1.82) is 0 Å². The molecule has 0 aliphatic heterocycles. The molecule has 2 aromatic rings. The van der Waals surface area contributed by atoms with Gasteiger partial charge in [-0.1, -0.05) is 75.2 Å². The van der Waals surface area contributed by atoms with Gasteiger partial charge in [0, 0.05) is 0 Å². The first-order chi connectivity index (χ1) is 12.1. The van der Waals surface area contributed by atoms with Crippen LogP contribution in [0.2, 0.25) is 0 Å². The summed E-state index contributed by atoms with van der Waals surface area (Å²) in [5, 5.41) is 0. The van der Waals surface area contributed by atoms with Crippen LogP contribution in [0.3, 0.4) is 0 Å². The van der Waals surface area contributed by atoms with Crippen LogP contribution < -0.4 is 10.6 Å². The molecule has 2 aromatic carbocycles. The monoisotopic (exact) mass is 336 g/mol. The third kappa shape index (κ3) is 3.04. The van der Waals surface area contributed by atoms with Gasteiger partial charge < -0.3 is 5.73 Å². The van der Waals surface area contributed by atoms with E-state index in [1.54, 1.807) is 0 Å². The van der Waals surface area contributed by atoms with Crippen LogP contribution >= 0.6 is 0 Å². The van der Waals surface area contributed by atoms with E-state index in [4.69, 9.17) is 5.73 Å². The van der Waals surface area contributed by atoms with E-state index in [9.17, 15) is 4.79 Å². The molecule has 3 heteroatoms. The lowest BCUT2D eigenvalue weighted by molar-refractivity contribution is 0.244. The molecule has 0 spiro atoms. The fourth-order valence-electron chi connectivity index (χ4n) is 4.39. The van der Waals surface area contributed by atoms with Crippen LogP contribution in [0, 0.1) is 0 Å². The first-order valence-electron chi connectivity index (χ1n) is 9.40. The highest BCUT2D eigenvalue weighted by molar-refractivity contribution is 5.94. The molecular weight excluding hydrogens is 308 g/mol. The van der Waals surface area contributed by atoms with E-state index in [2.05, 4.69) is 56.3 Å². The Labute approximate surface area is 150 Å². The van der Waals surface area contributed by atoms with Gasteiger partial charge >= 0.3 is 6.03 Å². The molecule has 1 fully saturated rings. The molecule has 25 heavy (non-hydrogen) atoms. The van der Waals surface area contributed by atoms with E-state index in [1.807, 2.05) is 11.0 Å². The Morgan fingerprint density at radius 2 is 1.52 bits per heavy atom. The van der Waals surface area contributed by atoms with Crippen LogP contribution in [0.25, 0.3) is 0 Å². The number of nitrogens with two attached hydrogens (primary N) is 1. The first-order valence-corrected chi connectivity index (χ1v) is 9.40. The molecular formula is C22H28N2O. The van der Waals surface area contributed by atoms with E-state index in [-0.39, 0.29) is 11.6 Å². The third-order valence-electron chi connectivity index (χ3n) is 5.58. The highest BCUT2D eigenvalue weighted by Crippen LogP contribution is 2.47. The topological polar surface area (TPSA) is 46.3 Å². The van der Waals surface area contributed by atoms with Gasteiger partial charge in [0.1, 0.15) is 0 Å². The molecule has 2 N–H and O–H groups in total. The van der Waals surface area contributed by atoms with Crippen LogP contribution in [-0.4, -0.2) is 6.03 Å². The fourth-order valence-corrected chi connectivity index (χ4v) is 4.39. The van der Waals surface area contributed by atoms with Crippen LogP contribution in [0.15, 0.2) is 48.5 Å². The summed E-state index contributed by atoms with van der Waals surface area (Å²) in [4.78, 5) is 14.7. The molecule has 0 unspecified atom stereocenters. The summed E-state index contributed by atoms with van der Waals surface area (Å²) in [6, 6.07) is 16.4. The zero-order valence-corrected chi connectivity index (χ0v) is 15.3. The molecule has 0 bridgehead atoms. The normalized spacial score (nSPS) is 15.9. The van der Waals surface area contributed by atoms with Crippen LogP contribution in [-0.2, 0) is 18.4 Å². The van der Waals surface area contributed by atoms with Crippen molar-refractivity contribution in [3.63, 3.8) is 0 Å². The van der Waals surface area contributed by atoms with E-state index >= 15 is 0 Å². The number of amides is 2. The Kier molecular flexibility index (Phi) is 5.12. The van der Waals surface area contributed by atoms with Crippen molar-refractivity contribution in [3.8, 4) is 0 Å². The Morgan fingerprint density at radius 1 is 0.960 bits per heavy atom. The van der Waals surface area contributed by atoms with E-state index in [0.717, 1.165) is 44.2 Å². The van der Waals surface area contributed by atoms with Gasteiger partial charge in [0.2, 0.25) is 0 Å². The van der Waals surface area contributed by atoms with E-state index < -0.39 is 0 Å². The van der Waals surface area contributed by atoms with Gasteiger partial charge in [0.25, 0.3) is 0 Å². The molecule has 1 aliphatic rings. The number of rotatable bonds is 5. The Bertz CT molecular complexity index is 711. The number of para-hydroxylation sites is 1. The summed E-state index contributed by atoms with van der Waals surface area (Å²) >= 11 is 0. The second-order valence-corrected chi connectivity index (χ2v) is 6.91. The van der Waals surface area contributed by atoms with Crippen molar-refractivity contribution < 1.29 is 4.79 Å². The fraction of sp³-hybridized carbons (Fsp3) is 0.409. The number of urea groups is 1. The van der Waals surface area contributed by atoms with Gasteiger partial charge in [-0.05, 0) is 42.4 Å². The molecule has 2 amide bonds. The van der Waals surface area contributed by atoms with Crippen molar-refractivity contribution in [1.82, 2.24) is 0 Å². The summed E-state index contributed by atoms with van der Waals surface area (Å²) in [6.07, 6.45) is 5.93. The number of hydrogen-bond acceptors (Lipinski definition) is 1. The molecule has 132 valence electrons. The summed E-state index contributed by atoms with van der Waals surface area (Å²) in [7, 11) is 0. The van der Waals surface area contributed by atoms with Crippen molar-refractivity contribution in [3.05, 3.63) is 65.2 Å². The lowest BCUT2D eigenvalue weighted by atomic mass is 9.84. The number of primary amides is 1. The molecule has 3 rings (SSSR count). The van der Waals surface area contributed by atoms with Gasteiger partial charge in [-0.25, -0.2) is 4.79 Å². The maximum absolute atomic E-state index is 12.7. The molecule has 0 radical (unpaired) electrons. The number of nitrogens with zero attached hydrogens (tertiary/aromatic N) is 1. The number of hydrogen-bond donors (Lipinski definition) is 1.